The first-order valence-electron chi connectivity index (χ1n) is 4.78. The van der Waals surface area contributed by atoms with E-state index in [2.05, 4.69) is 37.1 Å². The van der Waals surface area contributed by atoms with Crippen molar-refractivity contribution in [3.63, 3.8) is 0 Å². The van der Waals surface area contributed by atoms with Crippen LogP contribution in [0.25, 0.3) is 0 Å². The zero-order valence-corrected chi connectivity index (χ0v) is 10.1. The molecular formula is C11H18N2S. The number of hydrogen-bond donors (Lipinski definition) is 1. The molecular weight excluding hydrogens is 192 g/mol. The van der Waals surface area contributed by atoms with Gasteiger partial charge in [-0.15, -0.1) is 11.8 Å². The molecule has 0 fully saturated rings. The lowest BCUT2D eigenvalue weighted by atomic mass is 10.3. The molecule has 2 nitrogen and oxygen atoms in total. The molecule has 1 aromatic rings. The summed E-state index contributed by atoms with van der Waals surface area (Å²) in [7, 11) is 1.93. The first-order valence-corrected chi connectivity index (χ1v) is 5.76. The van der Waals surface area contributed by atoms with Crippen molar-refractivity contribution in [1.29, 1.82) is 0 Å². The minimum absolute atomic E-state index is 0.303. The third-order valence-corrected chi connectivity index (χ3v) is 3.06. The Morgan fingerprint density at radius 2 is 2.14 bits per heavy atom. The summed E-state index contributed by atoms with van der Waals surface area (Å²) in [6.07, 6.45) is 1.85. The van der Waals surface area contributed by atoms with Gasteiger partial charge in [-0.3, -0.25) is 4.98 Å². The van der Waals surface area contributed by atoms with E-state index in [1.54, 1.807) is 0 Å². The van der Waals surface area contributed by atoms with Crippen LogP contribution in [0.1, 0.15) is 26.5 Å². The Morgan fingerprint density at radius 3 is 2.71 bits per heavy atom. The van der Waals surface area contributed by atoms with Crippen molar-refractivity contribution < 1.29 is 0 Å². The second-order valence-electron chi connectivity index (χ2n) is 4.19. The molecule has 1 rings (SSSR count). The van der Waals surface area contributed by atoms with Gasteiger partial charge in [-0.25, -0.2) is 0 Å². The number of aromatic nitrogens is 1. The number of nitrogens with zero attached hydrogens (tertiary/aromatic N) is 1. The van der Waals surface area contributed by atoms with Crippen LogP contribution in [0.4, 0.5) is 5.69 Å². The average Bonchev–Trinajstić information content (AvgIpc) is 2.14. The first kappa shape index (κ1) is 11.4. The van der Waals surface area contributed by atoms with Crippen molar-refractivity contribution in [3.05, 3.63) is 24.0 Å². The van der Waals surface area contributed by atoms with Crippen molar-refractivity contribution >= 4 is 17.4 Å². The van der Waals surface area contributed by atoms with Crippen LogP contribution < -0.4 is 5.32 Å². The van der Waals surface area contributed by atoms with Crippen LogP contribution in [0.15, 0.2) is 18.3 Å². The van der Waals surface area contributed by atoms with Gasteiger partial charge < -0.3 is 5.32 Å². The minimum atomic E-state index is 0.303. The lowest BCUT2D eigenvalue weighted by Gasteiger charge is -2.17. The summed E-state index contributed by atoms with van der Waals surface area (Å²) < 4.78 is 0.303. The molecule has 1 aromatic heterocycles. The van der Waals surface area contributed by atoms with Gasteiger partial charge in [-0.05, 0) is 12.1 Å². The average molecular weight is 210 g/mol. The molecule has 78 valence electrons. The predicted octanol–water partition coefficient (Wildman–Crippen LogP) is 3.16. The van der Waals surface area contributed by atoms with E-state index in [9.17, 15) is 0 Å². The molecule has 0 aliphatic carbocycles. The van der Waals surface area contributed by atoms with Gasteiger partial charge in [0.1, 0.15) is 0 Å². The zero-order valence-electron chi connectivity index (χ0n) is 9.29. The van der Waals surface area contributed by atoms with Crippen LogP contribution in [-0.2, 0) is 5.75 Å². The molecule has 0 aliphatic rings. The molecule has 0 atom stereocenters. The van der Waals surface area contributed by atoms with Gasteiger partial charge in [0.2, 0.25) is 0 Å². The summed E-state index contributed by atoms with van der Waals surface area (Å²) in [5.74, 6) is 0.971. The molecule has 0 saturated carbocycles. The van der Waals surface area contributed by atoms with Gasteiger partial charge in [-0.2, -0.15) is 0 Å². The van der Waals surface area contributed by atoms with Crippen molar-refractivity contribution in [2.75, 3.05) is 12.4 Å². The van der Waals surface area contributed by atoms with E-state index in [0.29, 0.717) is 4.75 Å². The molecule has 1 N–H and O–H groups in total. The van der Waals surface area contributed by atoms with Crippen molar-refractivity contribution in [3.8, 4) is 0 Å². The van der Waals surface area contributed by atoms with Crippen LogP contribution in [-0.4, -0.2) is 16.8 Å². The second-order valence-corrected chi connectivity index (χ2v) is 5.99. The third kappa shape index (κ3) is 4.01. The van der Waals surface area contributed by atoms with Crippen molar-refractivity contribution in [2.45, 2.75) is 31.3 Å². The van der Waals surface area contributed by atoms with Gasteiger partial charge in [0.05, 0.1) is 5.69 Å². The molecule has 0 saturated heterocycles. The van der Waals surface area contributed by atoms with Crippen LogP contribution in [0.3, 0.4) is 0 Å². The van der Waals surface area contributed by atoms with Gasteiger partial charge in [0.25, 0.3) is 0 Å². The minimum Gasteiger partial charge on any atom is -0.388 e. The van der Waals surface area contributed by atoms with Gasteiger partial charge in [0, 0.05) is 29.4 Å². The Labute approximate surface area is 90.5 Å². The molecule has 0 unspecified atom stereocenters. The van der Waals surface area contributed by atoms with Crippen molar-refractivity contribution in [1.82, 2.24) is 4.98 Å². The Kier molecular flexibility index (Phi) is 3.81. The lowest BCUT2D eigenvalue weighted by molar-refractivity contribution is 0.801. The van der Waals surface area contributed by atoms with E-state index < -0.39 is 0 Å². The Hall–Kier alpha value is -0.700. The Morgan fingerprint density at radius 1 is 1.43 bits per heavy atom. The monoisotopic (exact) mass is 210 g/mol. The highest BCUT2D eigenvalue weighted by Crippen LogP contribution is 2.26. The van der Waals surface area contributed by atoms with Gasteiger partial charge in [-0.1, -0.05) is 20.8 Å². The maximum atomic E-state index is 4.33. The fraction of sp³-hybridized carbons (Fsp3) is 0.545. The predicted molar refractivity (Wildman–Crippen MR) is 64.8 cm³/mol. The number of hydrogen-bond acceptors (Lipinski definition) is 3. The largest absolute Gasteiger partial charge is 0.388 e. The first-order chi connectivity index (χ1) is 6.51. The van der Waals surface area contributed by atoms with E-state index in [-0.39, 0.29) is 0 Å². The van der Waals surface area contributed by atoms with Gasteiger partial charge in [0.15, 0.2) is 0 Å². The van der Waals surface area contributed by atoms with E-state index in [0.717, 1.165) is 17.1 Å². The fourth-order valence-electron chi connectivity index (χ4n) is 1.00. The number of nitrogens with one attached hydrogen (secondary N) is 1. The molecule has 14 heavy (non-hydrogen) atoms. The summed E-state index contributed by atoms with van der Waals surface area (Å²) in [6.45, 7) is 6.67. The van der Waals surface area contributed by atoms with Crippen molar-refractivity contribution in [2.24, 2.45) is 0 Å². The summed E-state index contributed by atoms with van der Waals surface area (Å²) in [6, 6.07) is 4.07. The number of anilines is 1. The number of rotatable bonds is 3. The standard InChI is InChI=1S/C11H18N2S/c1-11(2,3)14-8-10-7-9(12-4)5-6-13-10/h5-7H,8H2,1-4H3,(H,12,13). The lowest BCUT2D eigenvalue weighted by Crippen LogP contribution is -2.07. The van der Waals surface area contributed by atoms with Crippen LogP contribution in [0, 0.1) is 0 Å². The Balaban J connectivity index is 2.59. The second kappa shape index (κ2) is 4.69. The summed E-state index contributed by atoms with van der Waals surface area (Å²) in [5, 5.41) is 3.12. The topological polar surface area (TPSA) is 24.9 Å². The summed E-state index contributed by atoms with van der Waals surface area (Å²) >= 11 is 1.92. The van der Waals surface area contributed by atoms with Crippen LogP contribution >= 0.6 is 11.8 Å². The SMILES string of the molecule is CNc1ccnc(CSC(C)(C)C)c1. The van der Waals surface area contributed by atoms with Crippen LogP contribution in [0.2, 0.25) is 0 Å². The molecule has 0 radical (unpaired) electrons. The van der Waals surface area contributed by atoms with E-state index in [1.165, 1.54) is 0 Å². The van der Waals surface area contributed by atoms with E-state index in [4.69, 9.17) is 0 Å². The quantitative estimate of drug-likeness (QED) is 0.829. The zero-order chi connectivity index (χ0) is 10.6. The fourth-order valence-corrected chi connectivity index (χ4v) is 1.74. The molecule has 0 aliphatic heterocycles. The maximum absolute atomic E-state index is 4.33. The van der Waals surface area contributed by atoms with E-state index in [1.807, 2.05) is 31.1 Å². The summed E-state index contributed by atoms with van der Waals surface area (Å²) in [4.78, 5) is 4.33. The third-order valence-electron chi connectivity index (χ3n) is 1.76. The molecule has 0 bridgehead atoms. The number of pyridine rings is 1. The summed E-state index contributed by atoms with van der Waals surface area (Å²) in [5.41, 5.74) is 2.27. The highest BCUT2D eigenvalue weighted by atomic mass is 32.2. The maximum Gasteiger partial charge on any atom is 0.0523 e. The smallest absolute Gasteiger partial charge is 0.0523 e. The normalized spacial score (nSPS) is 11.4. The molecule has 0 spiro atoms. The molecule has 1 heterocycles. The Bertz CT molecular complexity index is 292. The highest BCUT2D eigenvalue weighted by Gasteiger charge is 2.10. The van der Waals surface area contributed by atoms with Gasteiger partial charge >= 0.3 is 0 Å². The molecule has 3 heteroatoms. The molecule has 0 amide bonds. The van der Waals surface area contributed by atoms with E-state index >= 15 is 0 Å². The molecule has 0 aromatic carbocycles. The highest BCUT2D eigenvalue weighted by molar-refractivity contribution is 7.99. The van der Waals surface area contributed by atoms with Crippen LogP contribution in [0.5, 0.6) is 0 Å². The number of thioether (sulfide) groups is 1.